The van der Waals surface area contributed by atoms with E-state index in [2.05, 4.69) is 5.16 Å². The molecule has 2 fully saturated rings. The van der Waals surface area contributed by atoms with Gasteiger partial charge in [0.25, 0.3) is 0 Å². The molecule has 82 valence electrons. The van der Waals surface area contributed by atoms with Crippen LogP contribution in [0.1, 0.15) is 26.2 Å². The number of oxime groups is 1. The zero-order valence-corrected chi connectivity index (χ0v) is 8.81. The van der Waals surface area contributed by atoms with Gasteiger partial charge in [-0.05, 0) is 38.0 Å². The zero-order valence-electron chi connectivity index (χ0n) is 8.81. The van der Waals surface area contributed by atoms with Gasteiger partial charge in [-0.2, -0.15) is 0 Å². The lowest BCUT2D eigenvalue weighted by atomic mass is 9.83. The number of hydrogen-bond acceptors (Lipinski definition) is 4. The van der Waals surface area contributed by atoms with Gasteiger partial charge in [-0.25, -0.2) is 4.79 Å². The Morgan fingerprint density at radius 1 is 1.53 bits per heavy atom. The molecule has 0 aromatic rings. The first-order valence-electron chi connectivity index (χ1n) is 5.72. The van der Waals surface area contributed by atoms with E-state index in [1.165, 1.54) is 19.3 Å². The lowest BCUT2D eigenvalue weighted by Crippen LogP contribution is -2.34. The first-order valence-corrected chi connectivity index (χ1v) is 5.72. The fourth-order valence-electron chi connectivity index (χ4n) is 3.33. The molecular weight excluding hydrogens is 194 g/mol. The fraction of sp³-hybridized carbons (Fsp3) is 0.818. The second-order valence-corrected chi connectivity index (χ2v) is 4.63. The average Bonchev–Trinajstić information content (AvgIpc) is 2.90. The third-order valence-electron chi connectivity index (χ3n) is 3.91. The third kappa shape index (κ3) is 1.20. The van der Waals surface area contributed by atoms with Gasteiger partial charge in [0.1, 0.15) is 6.10 Å². The van der Waals surface area contributed by atoms with Gasteiger partial charge in [0.15, 0.2) is 5.71 Å². The SMILES string of the molecule is CCOC(=O)C1=NO[C@H]2[C@@H]3CC[C@@H](C3)[C@@H]12. The fourth-order valence-corrected chi connectivity index (χ4v) is 3.33. The van der Waals surface area contributed by atoms with Crippen molar-refractivity contribution < 1.29 is 14.4 Å². The Labute approximate surface area is 88.6 Å². The Morgan fingerprint density at radius 2 is 2.33 bits per heavy atom. The van der Waals surface area contributed by atoms with E-state index < -0.39 is 0 Å². The van der Waals surface area contributed by atoms with Crippen molar-refractivity contribution in [3.05, 3.63) is 0 Å². The summed E-state index contributed by atoms with van der Waals surface area (Å²) in [5.74, 6) is 1.17. The second-order valence-electron chi connectivity index (χ2n) is 4.63. The van der Waals surface area contributed by atoms with Gasteiger partial charge in [0, 0.05) is 0 Å². The highest BCUT2D eigenvalue weighted by atomic mass is 16.6. The normalized spacial score (nSPS) is 41.0. The Kier molecular flexibility index (Phi) is 1.97. The largest absolute Gasteiger partial charge is 0.461 e. The number of esters is 1. The monoisotopic (exact) mass is 209 g/mol. The molecule has 15 heavy (non-hydrogen) atoms. The Bertz CT molecular complexity index is 326. The van der Waals surface area contributed by atoms with Crippen molar-refractivity contribution in [3.8, 4) is 0 Å². The van der Waals surface area contributed by atoms with Crippen molar-refractivity contribution in [2.75, 3.05) is 6.61 Å². The van der Waals surface area contributed by atoms with Crippen molar-refractivity contribution in [2.45, 2.75) is 32.3 Å². The molecular formula is C11H15NO3. The highest BCUT2D eigenvalue weighted by Gasteiger charge is 2.56. The lowest BCUT2D eigenvalue weighted by molar-refractivity contribution is -0.135. The number of rotatable bonds is 2. The molecule has 2 aliphatic carbocycles. The van der Waals surface area contributed by atoms with Crippen LogP contribution in [0.15, 0.2) is 5.16 Å². The second kappa shape index (κ2) is 3.22. The van der Waals surface area contributed by atoms with Crippen molar-refractivity contribution in [1.82, 2.24) is 0 Å². The van der Waals surface area contributed by atoms with Crippen LogP contribution >= 0.6 is 0 Å². The Hall–Kier alpha value is -1.06. The molecule has 2 saturated carbocycles. The van der Waals surface area contributed by atoms with Crippen LogP contribution in [-0.2, 0) is 14.4 Å². The van der Waals surface area contributed by atoms with E-state index in [9.17, 15) is 4.79 Å². The van der Waals surface area contributed by atoms with E-state index >= 15 is 0 Å². The molecule has 3 aliphatic rings. The molecule has 3 rings (SSSR count). The smallest absolute Gasteiger partial charge is 0.356 e. The summed E-state index contributed by atoms with van der Waals surface area (Å²) in [6, 6.07) is 0. The lowest BCUT2D eigenvalue weighted by Gasteiger charge is -2.22. The summed E-state index contributed by atoms with van der Waals surface area (Å²) in [4.78, 5) is 17.0. The molecule has 0 spiro atoms. The number of nitrogens with zero attached hydrogens (tertiary/aromatic N) is 1. The molecule has 4 nitrogen and oxygen atoms in total. The Morgan fingerprint density at radius 3 is 3.13 bits per heavy atom. The predicted molar refractivity (Wildman–Crippen MR) is 53.3 cm³/mol. The van der Waals surface area contributed by atoms with E-state index in [1.807, 2.05) is 6.92 Å². The third-order valence-corrected chi connectivity index (χ3v) is 3.91. The molecule has 4 atom stereocenters. The van der Waals surface area contributed by atoms with E-state index in [1.54, 1.807) is 0 Å². The molecule has 2 bridgehead atoms. The minimum atomic E-state index is -0.280. The summed E-state index contributed by atoms with van der Waals surface area (Å²) in [6.45, 7) is 2.22. The highest BCUT2D eigenvalue weighted by molar-refractivity contribution is 6.37. The minimum absolute atomic E-state index is 0.170. The van der Waals surface area contributed by atoms with Gasteiger partial charge in [-0.1, -0.05) is 5.16 Å². The molecule has 4 heteroatoms. The van der Waals surface area contributed by atoms with Crippen LogP contribution in [0.3, 0.4) is 0 Å². The van der Waals surface area contributed by atoms with E-state index in [-0.39, 0.29) is 18.0 Å². The number of carbonyl (C=O) groups is 1. The van der Waals surface area contributed by atoms with Crippen molar-refractivity contribution in [1.29, 1.82) is 0 Å². The van der Waals surface area contributed by atoms with Gasteiger partial charge in [-0.3, -0.25) is 0 Å². The van der Waals surface area contributed by atoms with E-state index in [0.29, 0.717) is 24.2 Å². The molecule has 0 radical (unpaired) electrons. The van der Waals surface area contributed by atoms with Gasteiger partial charge >= 0.3 is 5.97 Å². The van der Waals surface area contributed by atoms with Gasteiger partial charge in [-0.15, -0.1) is 0 Å². The Balaban J connectivity index is 1.79. The number of carbonyl (C=O) groups excluding carboxylic acids is 1. The first-order chi connectivity index (χ1) is 7.31. The summed E-state index contributed by atoms with van der Waals surface area (Å²) < 4.78 is 4.99. The number of ether oxygens (including phenoxy) is 1. The number of fused-ring (bicyclic) bond motifs is 5. The van der Waals surface area contributed by atoms with Crippen LogP contribution in [0, 0.1) is 17.8 Å². The molecule has 0 amide bonds. The zero-order chi connectivity index (χ0) is 10.4. The molecule has 1 aliphatic heterocycles. The van der Waals surface area contributed by atoms with Gasteiger partial charge in [0.05, 0.1) is 12.5 Å². The van der Waals surface area contributed by atoms with E-state index in [0.717, 1.165) is 0 Å². The van der Waals surface area contributed by atoms with Gasteiger partial charge in [0.2, 0.25) is 0 Å². The average molecular weight is 209 g/mol. The molecule has 0 N–H and O–H groups in total. The molecule has 0 aromatic heterocycles. The van der Waals surface area contributed by atoms with Crippen molar-refractivity contribution in [3.63, 3.8) is 0 Å². The van der Waals surface area contributed by atoms with Gasteiger partial charge < -0.3 is 9.57 Å². The standard InChI is InChI=1S/C11H15NO3/c1-2-14-11(13)9-8-6-3-4-7(5-6)10(8)15-12-9/h6-8,10H,2-5H2,1H3/t6-,7+,8-,10-/m0/s1. The summed E-state index contributed by atoms with van der Waals surface area (Å²) >= 11 is 0. The van der Waals surface area contributed by atoms with Crippen LogP contribution in [0.25, 0.3) is 0 Å². The summed E-state index contributed by atoms with van der Waals surface area (Å²) in [6.07, 6.45) is 3.82. The maximum Gasteiger partial charge on any atom is 0.356 e. The summed E-state index contributed by atoms with van der Waals surface area (Å²) in [7, 11) is 0. The van der Waals surface area contributed by atoms with Crippen LogP contribution in [-0.4, -0.2) is 24.4 Å². The minimum Gasteiger partial charge on any atom is -0.461 e. The predicted octanol–water partition coefficient (Wildman–Crippen LogP) is 1.35. The number of hydrogen-bond donors (Lipinski definition) is 0. The molecule has 0 aromatic carbocycles. The molecule has 0 saturated heterocycles. The molecule has 1 heterocycles. The highest BCUT2D eigenvalue weighted by Crippen LogP contribution is 2.52. The van der Waals surface area contributed by atoms with Crippen LogP contribution in [0.5, 0.6) is 0 Å². The van der Waals surface area contributed by atoms with Crippen LogP contribution < -0.4 is 0 Å². The summed E-state index contributed by atoms with van der Waals surface area (Å²) in [5.41, 5.74) is 0.536. The van der Waals surface area contributed by atoms with Crippen molar-refractivity contribution >= 4 is 11.7 Å². The van der Waals surface area contributed by atoms with E-state index in [4.69, 9.17) is 9.57 Å². The van der Waals surface area contributed by atoms with Crippen LogP contribution in [0.4, 0.5) is 0 Å². The summed E-state index contributed by atoms with van der Waals surface area (Å²) in [5, 5.41) is 3.92. The van der Waals surface area contributed by atoms with Crippen molar-refractivity contribution in [2.24, 2.45) is 22.9 Å². The quantitative estimate of drug-likeness (QED) is 0.645. The topological polar surface area (TPSA) is 47.9 Å². The maximum atomic E-state index is 11.6. The first kappa shape index (κ1) is 9.19. The maximum absolute atomic E-state index is 11.6. The molecule has 0 unspecified atom stereocenters. The van der Waals surface area contributed by atoms with Crippen LogP contribution in [0.2, 0.25) is 0 Å².